The van der Waals surface area contributed by atoms with Crippen molar-refractivity contribution >= 4 is 11.8 Å². The third kappa shape index (κ3) is 8.25. The summed E-state index contributed by atoms with van der Waals surface area (Å²) in [5, 5.41) is 2.97. The van der Waals surface area contributed by atoms with Crippen molar-refractivity contribution < 1.29 is 19.1 Å². The van der Waals surface area contributed by atoms with Gasteiger partial charge in [0.2, 0.25) is 0 Å². The average Bonchev–Trinajstić information content (AvgIpc) is 2.93. The van der Waals surface area contributed by atoms with Crippen molar-refractivity contribution in [2.24, 2.45) is 5.41 Å². The molecule has 0 unspecified atom stereocenters. The van der Waals surface area contributed by atoms with Crippen LogP contribution in [0.3, 0.4) is 0 Å². The fourth-order valence-electron chi connectivity index (χ4n) is 4.37. The van der Waals surface area contributed by atoms with Crippen LogP contribution in [0.4, 0.5) is 0 Å². The first-order valence-corrected chi connectivity index (χ1v) is 12.8. The molecule has 0 fully saturated rings. The van der Waals surface area contributed by atoms with Gasteiger partial charge in [-0.25, -0.2) is 9.97 Å². The summed E-state index contributed by atoms with van der Waals surface area (Å²) in [6, 6.07) is 12.9. The molecule has 3 aromatic rings. The van der Waals surface area contributed by atoms with Crippen molar-refractivity contribution in [2.75, 3.05) is 55.0 Å². The van der Waals surface area contributed by atoms with E-state index in [0.717, 1.165) is 12.1 Å². The molecule has 0 aliphatic carbocycles. The molecule has 1 heterocycles. The van der Waals surface area contributed by atoms with Gasteiger partial charge in [-0.1, -0.05) is 32.0 Å². The molecule has 9 heteroatoms. The molecule has 0 spiro atoms. The molecule has 39 heavy (non-hydrogen) atoms. The smallest absolute Gasteiger partial charge is 0.254 e. The Kier molecular flexibility index (Phi) is 10.0. The van der Waals surface area contributed by atoms with Gasteiger partial charge in [0, 0.05) is 50.2 Å². The number of methoxy groups -OCH3 is 2. The Morgan fingerprint density at radius 1 is 0.923 bits per heavy atom. The highest BCUT2D eigenvalue weighted by Gasteiger charge is 2.20. The molecule has 0 atom stereocenters. The maximum Gasteiger partial charge on any atom is 0.254 e. The Morgan fingerprint density at radius 3 is 2.26 bits per heavy atom. The number of nitrogens with zero attached hydrogens (tertiary/aromatic N) is 4. The third-order valence-corrected chi connectivity index (χ3v) is 6.28. The molecule has 1 N–H and O–H groups in total. The Labute approximate surface area is 231 Å². The van der Waals surface area contributed by atoms with Crippen molar-refractivity contribution in [2.45, 2.75) is 20.3 Å². The molecule has 0 saturated heterocycles. The van der Waals surface area contributed by atoms with E-state index in [-0.39, 0.29) is 17.2 Å². The van der Waals surface area contributed by atoms with Gasteiger partial charge in [0.25, 0.3) is 11.8 Å². The van der Waals surface area contributed by atoms with E-state index in [1.807, 2.05) is 44.4 Å². The zero-order valence-corrected chi connectivity index (χ0v) is 23.9. The van der Waals surface area contributed by atoms with E-state index >= 15 is 0 Å². The summed E-state index contributed by atoms with van der Waals surface area (Å²) in [6.07, 6.45) is 3.70. The predicted octanol–water partition coefficient (Wildman–Crippen LogP) is 3.79. The van der Waals surface area contributed by atoms with Crippen molar-refractivity contribution in [3.63, 3.8) is 0 Å². The van der Waals surface area contributed by atoms with Gasteiger partial charge in [-0.2, -0.15) is 0 Å². The number of rotatable bonds is 12. The van der Waals surface area contributed by atoms with Crippen LogP contribution >= 0.6 is 0 Å². The summed E-state index contributed by atoms with van der Waals surface area (Å²) >= 11 is 0. The molecular weight excluding hydrogens is 494 g/mol. The molecular formula is C30H39N5O4. The van der Waals surface area contributed by atoms with E-state index in [2.05, 4.69) is 34.0 Å². The third-order valence-electron chi connectivity index (χ3n) is 6.28. The minimum atomic E-state index is -0.214. The van der Waals surface area contributed by atoms with Crippen molar-refractivity contribution in [1.82, 2.24) is 25.1 Å². The number of amides is 2. The highest BCUT2D eigenvalue weighted by atomic mass is 16.5. The summed E-state index contributed by atoms with van der Waals surface area (Å²) in [4.78, 5) is 38.3. The van der Waals surface area contributed by atoms with Gasteiger partial charge < -0.3 is 24.6 Å². The van der Waals surface area contributed by atoms with Crippen molar-refractivity contribution in [1.29, 1.82) is 0 Å². The number of likely N-dealkylation sites (N-methyl/N-ethyl adjacent to an activating group) is 1. The first-order valence-electron chi connectivity index (χ1n) is 12.8. The molecule has 0 radical (unpaired) electrons. The highest BCUT2D eigenvalue weighted by molar-refractivity contribution is 5.95. The number of aromatic nitrogens is 2. The fourth-order valence-corrected chi connectivity index (χ4v) is 4.37. The number of hydrogen-bond acceptors (Lipinski definition) is 7. The fraction of sp³-hybridized carbons (Fsp3) is 0.400. The van der Waals surface area contributed by atoms with Crippen LogP contribution in [0.15, 0.2) is 54.9 Å². The Bertz CT molecular complexity index is 1270. The quantitative estimate of drug-likeness (QED) is 0.378. The summed E-state index contributed by atoms with van der Waals surface area (Å²) in [6.45, 7) is 6.13. The average molecular weight is 534 g/mol. The van der Waals surface area contributed by atoms with E-state index in [4.69, 9.17) is 9.47 Å². The lowest BCUT2D eigenvalue weighted by molar-refractivity contribution is 0.0796. The summed E-state index contributed by atoms with van der Waals surface area (Å²) < 4.78 is 10.7. The summed E-state index contributed by atoms with van der Waals surface area (Å²) in [5.41, 5.74) is 2.60. The lowest BCUT2D eigenvalue weighted by Gasteiger charge is -2.28. The standard InChI is InChI=1S/C30H39N5O4/c1-30(2,20-34(3)4)19-33-28(36)24-17-31-27(32-18-24)22-9-8-10-23(16-22)29(37)35(5)14-13-21-11-12-25(38-6)26(15-21)39-7/h8-12,15-18H,13-14,19-20H2,1-7H3,(H,33,36). The molecule has 2 amide bonds. The van der Waals surface area contributed by atoms with Crippen LogP contribution in [-0.4, -0.2) is 86.6 Å². The lowest BCUT2D eigenvalue weighted by Crippen LogP contribution is -2.40. The van der Waals surface area contributed by atoms with Crippen LogP contribution in [0.5, 0.6) is 11.5 Å². The maximum absolute atomic E-state index is 13.1. The monoisotopic (exact) mass is 533 g/mol. The van der Waals surface area contributed by atoms with E-state index in [9.17, 15) is 9.59 Å². The van der Waals surface area contributed by atoms with Crippen LogP contribution in [0.2, 0.25) is 0 Å². The molecule has 0 bridgehead atoms. The topological polar surface area (TPSA) is 96.9 Å². The normalized spacial score (nSPS) is 11.3. The predicted molar refractivity (Wildman–Crippen MR) is 152 cm³/mol. The number of hydrogen-bond donors (Lipinski definition) is 1. The molecule has 0 saturated carbocycles. The maximum atomic E-state index is 13.1. The molecule has 2 aromatic carbocycles. The Morgan fingerprint density at radius 2 is 1.62 bits per heavy atom. The van der Waals surface area contributed by atoms with Gasteiger partial charge >= 0.3 is 0 Å². The minimum absolute atomic E-state index is 0.0679. The van der Waals surface area contributed by atoms with E-state index in [1.165, 1.54) is 12.4 Å². The minimum Gasteiger partial charge on any atom is -0.493 e. The number of nitrogens with one attached hydrogen (secondary N) is 1. The second kappa shape index (κ2) is 13.2. The second-order valence-electron chi connectivity index (χ2n) is 10.6. The zero-order chi connectivity index (χ0) is 28.6. The Hall–Kier alpha value is -3.98. The van der Waals surface area contributed by atoms with Gasteiger partial charge in [0.1, 0.15) is 0 Å². The van der Waals surface area contributed by atoms with Crippen LogP contribution in [-0.2, 0) is 6.42 Å². The highest BCUT2D eigenvalue weighted by Crippen LogP contribution is 2.28. The summed E-state index contributed by atoms with van der Waals surface area (Å²) in [5.74, 6) is 1.46. The molecule has 208 valence electrons. The lowest BCUT2D eigenvalue weighted by atomic mass is 9.93. The number of carbonyl (C=O) groups is 2. The van der Waals surface area contributed by atoms with Crippen molar-refractivity contribution in [3.05, 3.63) is 71.5 Å². The van der Waals surface area contributed by atoms with Crippen molar-refractivity contribution in [3.8, 4) is 22.9 Å². The molecule has 0 aliphatic rings. The summed E-state index contributed by atoms with van der Waals surface area (Å²) in [7, 11) is 9.00. The Balaban J connectivity index is 1.62. The van der Waals surface area contributed by atoms with Gasteiger partial charge in [-0.3, -0.25) is 9.59 Å². The number of benzene rings is 2. The van der Waals surface area contributed by atoms with Gasteiger partial charge in [-0.05, 0) is 55.8 Å². The number of ether oxygens (including phenoxy) is 2. The van der Waals surface area contributed by atoms with Crippen LogP contribution in [0.1, 0.15) is 40.1 Å². The molecule has 9 nitrogen and oxygen atoms in total. The molecule has 0 aliphatic heterocycles. The number of carbonyl (C=O) groups excluding carboxylic acids is 2. The zero-order valence-electron chi connectivity index (χ0n) is 23.9. The van der Waals surface area contributed by atoms with Gasteiger partial charge in [0.15, 0.2) is 17.3 Å². The van der Waals surface area contributed by atoms with Gasteiger partial charge in [-0.15, -0.1) is 0 Å². The second-order valence-corrected chi connectivity index (χ2v) is 10.6. The van der Waals surface area contributed by atoms with Crippen LogP contribution in [0.25, 0.3) is 11.4 Å². The molecule has 3 rings (SSSR count). The SMILES string of the molecule is COc1ccc(CCN(C)C(=O)c2cccc(-c3ncc(C(=O)NCC(C)(C)CN(C)C)cn3)c2)cc1OC. The van der Waals surface area contributed by atoms with E-state index in [0.29, 0.717) is 53.5 Å². The molecule has 1 aromatic heterocycles. The van der Waals surface area contributed by atoms with Crippen LogP contribution in [0, 0.1) is 5.41 Å². The van der Waals surface area contributed by atoms with E-state index < -0.39 is 0 Å². The largest absolute Gasteiger partial charge is 0.493 e. The van der Waals surface area contributed by atoms with Crippen LogP contribution < -0.4 is 14.8 Å². The van der Waals surface area contributed by atoms with Gasteiger partial charge in [0.05, 0.1) is 19.8 Å². The first-order chi connectivity index (χ1) is 18.5. The van der Waals surface area contributed by atoms with E-state index in [1.54, 1.807) is 38.3 Å². The first kappa shape index (κ1) is 29.6.